The Balaban J connectivity index is 1.88. The zero-order valence-corrected chi connectivity index (χ0v) is 12.8. The lowest BCUT2D eigenvalue weighted by atomic mass is 10.1. The van der Waals surface area contributed by atoms with Gasteiger partial charge in [0.2, 0.25) is 0 Å². The molecular formula is C17H17N3O2. The second kappa shape index (κ2) is 5.60. The number of esters is 1. The molecule has 5 nitrogen and oxygen atoms in total. The van der Waals surface area contributed by atoms with Crippen LogP contribution in [0.15, 0.2) is 36.4 Å². The topological polar surface area (TPSA) is 57.0 Å². The maximum Gasteiger partial charge on any atom is 0.343 e. The van der Waals surface area contributed by atoms with Crippen molar-refractivity contribution in [2.75, 3.05) is 0 Å². The summed E-state index contributed by atoms with van der Waals surface area (Å²) in [6, 6.07) is 11.0. The number of carbonyl (C=O) groups excluding carboxylic acids is 1. The molecule has 5 heteroatoms. The van der Waals surface area contributed by atoms with Crippen LogP contribution in [0.4, 0.5) is 0 Å². The average molecular weight is 295 g/mol. The van der Waals surface area contributed by atoms with Crippen LogP contribution in [-0.4, -0.2) is 21.0 Å². The van der Waals surface area contributed by atoms with Crippen LogP contribution in [0, 0.1) is 13.8 Å². The molecule has 0 atom stereocenters. The summed E-state index contributed by atoms with van der Waals surface area (Å²) in [6.07, 6.45) is 0. The third-order valence-corrected chi connectivity index (χ3v) is 3.58. The first-order chi connectivity index (χ1) is 10.6. The molecule has 112 valence electrons. The summed E-state index contributed by atoms with van der Waals surface area (Å²) >= 11 is 0. The molecule has 3 aromatic rings. The Morgan fingerprint density at radius 3 is 2.73 bits per heavy atom. The van der Waals surface area contributed by atoms with Crippen LogP contribution >= 0.6 is 0 Å². The van der Waals surface area contributed by atoms with E-state index in [1.807, 2.05) is 45.0 Å². The van der Waals surface area contributed by atoms with E-state index in [2.05, 4.69) is 10.3 Å². The van der Waals surface area contributed by atoms with E-state index in [0.29, 0.717) is 16.8 Å². The fourth-order valence-electron chi connectivity index (χ4n) is 2.41. The van der Waals surface area contributed by atoms with E-state index in [-0.39, 0.29) is 5.97 Å². The number of carbonyl (C=O) groups is 1. The molecular weight excluding hydrogens is 278 g/mol. The van der Waals surface area contributed by atoms with Crippen molar-refractivity contribution in [1.29, 1.82) is 0 Å². The number of aryl methyl sites for hydroxylation is 3. The molecule has 22 heavy (non-hydrogen) atoms. The van der Waals surface area contributed by atoms with E-state index in [1.54, 1.807) is 16.8 Å². The zero-order valence-electron chi connectivity index (χ0n) is 12.8. The van der Waals surface area contributed by atoms with Gasteiger partial charge in [-0.2, -0.15) is 0 Å². The Kier molecular flexibility index (Phi) is 3.63. The van der Waals surface area contributed by atoms with Gasteiger partial charge < -0.3 is 4.74 Å². The second-order valence-electron chi connectivity index (χ2n) is 5.27. The van der Waals surface area contributed by atoms with Crippen LogP contribution in [0.1, 0.15) is 28.4 Å². The van der Waals surface area contributed by atoms with E-state index in [4.69, 9.17) is 4.74 Å². The van der Waals surface area contributed by atoms with Gasteiger partial charge in [-0.25, -0.2) is 9.48 Å². The molecule has 1 aromatic heterocycles. The number of aromatic nitrogens is 3. The summed E-state index contributed by atoms with van der Waals surface area (Å²) in [4.78, 5) is 12.3. The van der Waals surface area contributed by atoms with Gasteiger partial charge in [0.05, 0.1) is 11.1 Å². The molecule has 0 fully saturated rings. The lowest BCUT2D eigenvalue weighted by molar-refractivity contribution is 0.0733. The van der Waals surface area contributed by atoms with Gasteiger partial charge in [-0.1, -0.05) is 22.9 Å². The predicted octanol–water partition coefficient (Wildman–Crippen LogP) is 3.29. The van der Waals surface area contributed by atoms with Gasteiger partial charge in [0, 0.05) is 6.54 Å². The average Bonchev–Trinajstić information content (AvgIpc) is 2.92. The summed E-state index contributed by atoms with van der Waals surface area (Å²) in [5.74, 6) is 0.188. The van der Waals surface area contributed by atoms with Gasteiger partial charge in [-0.05, 0) is 50.6 Å². The van der Waals surface area contributed by atoms with Gasteiger partial charge in [0.15, 0.2) is 0 Å². The van der Waals surface area contributed by atoms with Crippen molar-refractivity contribution in [1.82, 2.24) is 15.0 Å². The minimum absolute atomic E-state index is 0.389. The fourth-order valence-corrected chi connectivity index (χ4v) is 2.41. The number of rotatable bonds is 3. The van der Waals surface area contributed by atoms with Gasteiger partial charge in [0.25, 0.3) is 0 Å². The highest BCUT2D eigenvalue weighted by molar-refractivity contribution is 5.94. The van der Waals surface area contributed by atoms with E-state index in [1.165, 1.54) is 0 Å². The quantitative estimate of drug-likeness (QED) is 0.549. The van der Waals surface area contributed by atoms with E-state index in [0.717, 1.165) is 23.2 Å². The smallest absolute Gasteiger partial charge is 0.343 e. The zero-order chi connectivity index (χ0) is 15.7. The number of hydrogen-bond donors (Lipinski definition) is 0. The van der Waals surface area contributed by atoms with Crippen LogP contribution in [-0.2, 0) is 6.54 Å². The standard InChI is InChI=1S/C17H17N3O2/c1-4-20-15-7-6-13(10-14(15)18-19-20)17(21)22-16-8-5-11(2)9-12(16)3/h5-10H,4H2,1-3H3. The summed E-state index contributed by atoms with van der Waals surface area (Å²) in [5.41, 5.74) is 4.14. The predicted molar refractivity (Wildman–Crippen MR) is 84.1 cm³/mol. The van der Waals surface area contributed by atoms with Crippen LogP contribution in [0.3, 0.4) is 0 Å². The summed E-state index contributed by atoms with van der Waals surface area (Å²) in [7, 11) is 0. The van der Waals surface area contributed by atoms with Gasteiger partial charge in [-0.15, -0.1) is 5.10 Å². The first-order valence-electron chi connectivity index (χ1n) is 7.21. The van der Waals surface area contributed by atoms with E-state index < -0.39 is 0 Å². The normalized spacial score (nSPS) is 10.9. The molecule has 0 saturated carbocycles. The lowest BCUT2D eigenvalue weighted by Gasteiger charge is -2.08. The highest BCUT2D eigenvalue weighted by Crippen LogP contribution is 2.21. The van der Waals surface area contributed by atoms with Crippen molar-refractivity contribution >= 4 is 17.0 Å². The number of benzene rings is 2. The van der Waals surface area contributed by atoms with Crippen LogP contribution < -0.4 is 4.74 Å². The van der Waals surface area contributed by atoms with E-state index >= 15 is 0 Å². The molecule has 0 unspecified atom stereocenters. The molecule has 0 aliphatic carbocycles. The summed E-state index contributed by atoms with van der Waals surface area (Å²) in [5, 5.41) is 8.11. The minimum Gasteiger partial charge on any atom is -0.423 e. The first-order valence-corrected chi connectivity index (χ1v) is 7.21. The van der Waals surface area contributed by atoms with Crippen molar-refractivity contribution in [3.8, 4) is 5.75 Å². The number of nitrogens with zero attached hydrogens (tertiary/aromatic N) is 3. The Morgan fingerprint density at radius 2 is 2.00 bits per heavy atom. The van der Waals surface area contributed by atoms with Crippen molar-refractivity contribution in [2.24, 2.45) is 0 Å². The molecule has 0 aliphatic rings. The molecule has 0 saturated heterocycles. The van der Waals surface area contributed by atoms with Crippen molar-refractivity contribution in [3.05, 3.63) is 53.1 Å². The van der Waals surface area contributed by atoms with Gasteiger partial charge >= 0.3 is 5.97 Å². The Hall–Kier alpha value is -2.69. The van der Waals surface area contributed by atoms with Crippen molar-refractivity contribution in [3.63, 3.8) is 0 Å². The molecule has 3 rings (SSSR count). The Labute approximate surface area is 128 Å². The number of hydrogen-bond acceptors (Lipinski definition) is 4. The summed E-state index contributed by atoms with van der Waals surface area (Å²) in [6.45, 7) is 6.66. The van der Waals surface area contributed by atoms with Crippen LogP contribution in [0.25, 0.3) is 11.0 Å². The number of ether oxygens (including phenoxy) is 1. The first kappa shape index (κ1) is 14.3. The van der Waals surface area contributed by atoms with E-state index in [9.17, 15) is 4.79 Å². The molecule has 2 aromatic carbocycles. The molecule has 1 heterocycles. The third-order valence-electron chi connectivity index (χ3n) is 3.58. The minimum atomic E-state index is -0.389. The van der Waals surface area contributed by atoms with Gasteiger partial charge in [-0.3, -0.25) is 0 Å². The SMILES string of the molecule is CCn1nnc2cc(C(=O)Oc3ccc(C)cc3C)ccc21. The van der Waals surface area contributed by atoms with Crippen LogP contribution in [0.5, 0.6) is 5.75 Å². The second-order valence-corrected chi connectivity index (χ2v) is 5.27. The summed E-state index contributed by atoms with van der Waals surface area (Å²) < 4.78 is 7.26. The molecule has 0 N–H and O–H groups in total. The van der Waals surface area contributed by atoms with Crippen LogP contribution in [0.2, 0.25) is 0 Å². The molecule has 0 bridgehead atoms. The molecule has 0 spiro atoms. The monoisotopic (exact) mass is 295 g/mol. The lowest BCUT2D eigenvalue weighted by Crippen LogP contribution is -2.09. The highest BCUT2D eigenvalue weighted by Gasteiger charge is 2.13. The fraction of sp³-hybridized carbons (Fsp3) is 0.235. The Morgan fingerprint density at radius 1 is 1.18 bits per heavy atom. The largest absolute Gasteiger partial charge is 0.423 e. The molecule has 0 aliphatic heterocycles. The van der Waals surface area contributed by atoms with Gasteiger partial charge in [0.1, 0.15) is 11.3 Å². The maximum absolute atomic E-state index is 12.3. The van der Waals surface area contributed by atoms with Crippen molar-refractivity contribution in [2.45, 2.75) is 27.3 Å². The number of fused-ring (bicyclic) bond motifs is 1. The maximum atomic E-state index is 12.3. The Bertz CT molecular complexity index is 852. The third kappa shape index (κ3) is 2.57. The highest BCUT2D eigenvalue weighted by atomic mass is 16.5. The molecule has 0 radical (unpaired) electrons. The molecule has 0 amide bonds. The van der Waals surface area contributed by atoms with Crippen molar-refractivity contribution < 1.29 is 9.53 Å².